The van der Waals surface area contributed by atoms with Gasteiger partial charge in [-0.05, 0) is 24.1 Å². The Bertz CT molecular complexity index is 444. The van der Waals surface area contributed by atoms with E-state index in [4.69, 9.17) is 5.73 Å². The molecule has 0 fully saturated rings. The van der Waals surface area contributed by atoms with Crippen molar-refractivity contribution in [1.29, 1.82) is 0 Å². The Morgan fingerprint density at radius 2 is 2.26 bits per heavy atom. The van der Waals surface area contributed by atoms with Gasteiger partial charge in [-0.15, -0.1) is 0 Å². The summed E-state index contributed by atoms with van der Waals surface area (Å²) in [7, 11) is 1.36. The molecule has 1 aromatic rings. The number of carbonyl (C=O) groups is 1. The molecule has 19 heavy (non-hydrogen) atoms. The molecule has 0 aliphatic carbocycles. The van der Waals surface area contributed by atoms with Gasteiger partial charge in [0.15, 0.2) is 5.96 Å². The molecule has 0 heterocycles. The van der Waals surface area contributed by atoms with E-state index in [0.717, 1.165) is 24.9 Å². The van der Waals surface area contributed by atoms with E-state index in [1.807, 2.05) is 6.07 Å². The van der Waals surface area contributed by atoms with Gasteiger partial charge in [0.05, 0.1) is 19.2 Å². The number of methoxy groups -OCH3 is 1. The molecule has 5 nitrogen and oxygen atoms in total. The van der Waals surface area contributed by atoms with Gasteiger partial charge >= 0.3 is 5.97 Å². The zero-order valence-electron chi connectivity index (χ0n) is 11.5. The van der Waals surface area contributed by atoms with Gasteiger partial charge in [0, 0.05) is 6.54 Å². The Balaban J connectivity index is 2.57. The first-order chi connectivity index (χ1) is 9.17. The molecule has 0 amide bonds. The second kappa shape index (κ2) is 8.13. The van der Waals surface area contributed by atoms with Gasteiger partial charge in [-0.1, -0.05) is 25.5 Å². The average Bonchev–Trinajstić information content (AvgIpc) is 2.45. The summed E-state index contributed by atoms with van der Waals surface area (Å²) in [5.41, 5.74) is 7.17. The number of guanidine groups is 1. The fourth-order valence-electron chi connectivity index (χ4n) is 1.54. The third-order valence-electron chi connectivity index (χ3n) is 2.62. The SMILES string of the molecule is CCCCNC(N)=NCc1cccc(C(=O)OC)c1. The molecule has 1 rings (SSSR count). The molecule has 104 valence electrons. The Kier molecular flexibility index (Phi) is 6.43. The zero-order chi connectivity index (χ0) is 14.1. The molecular weight excluding hydrogens is 242 g/mol. The standard InChI is InChI=1S/C14H21N3O2/c1-3-4-8-16-14(15)17-10-11-6-5-7-12(9-11)13(18)19-2/h5-7,9H,3-4,8,10H2,1-2H3,(H3,15,16,17). The van der Waals surface area contributed by atoms with Crippen molar-refractivity contribution in [2.24, 2.45) is 10.7 Å². The van der Waals surface area contributed by atoms with Gasteiger partial charge in [-0.2, -0.15) is 0 Å². The molecule has 0 unspecified atom stereocenters. The van der Waals surface area contributed by atoms with Crippen molar-refractivity contribution in [1.82, 2.24) is 5.32 Å². The number of unbranched alkanes of at least 4 members (excludes halogenated alkanes) is 1. The van der Waals surface area contributed by atoms with E-state index in [0.29, 0.717) is 18.1 Å². The molecule has 0 saturated carbocycles. The van der Waals surface area contributed by atoms with E-state index in [1.165, 1.54) is 7.11 Å². The first kappa shape index (κ1) is 15.0. The molecule has 1 aromatic carbocycles. The Morgan fingerprint density at radius 1 is 1.47 bits per heavy atom. The number of ether oxygens (including phenoxy) is 1. The minimum absolute atomic E-state index is 0.347. The molecule has 0 atom stereocenters. The third-order valence-corrected chi connectivity index (χ3v) is 2.62. The average molecular weight is 263 g/mol. The van der Waals surface area contributed by atoms with Gasteiger partial charge in [0.2, 0.25) is 0 Å². The van der Waals surface area contributed by atoms with Crippen LogP contribution in [0.25, 0.3) is 0 Å². The summed E-state index contributed by atoms with van der Waals surface area (Å²) in [5, 5.41) is 3.04. The van der Waals surface area contributed by atoms with E-state index in [9.17, 15) is 4.79 Å². The Morgan fingerprint density at radius 3 is 2.95 bits per heavy atom. The quantitative estimate of drug-likeness (QED) is 0.354. The number of esters is 1. The predicted molar refractivity (Wildman–Crippen MR) is 76.0 cm³/mol. The number of rotatable bonds is 6. The van der Waals surface area contributed by atoms with Crippen LogP contribution in [0.1, 0.15) is 35.7 Å². The number of nitrogens with one attached hydrogen (secondary N) is 1. The van der Waals surface area contributed by atoms with Gasteiger partial charge in [-0.25, -0.2) is 9.79 Å². The molecule has 0 saturated heterocycles. The van der Waals surface area contributed by atoms with Crippen molar-refractivity contribution in [3.63, 3.8) is 0 Å². The maximum Gasteiger partial charge on any atom is 0.337 e. The summed E-state index contributed by atoms with van der Waals surface area (Å²) >= 11 is 0. The second-order valence-corrected chi connectivity index (χ2v) is 4.17. The van der Waals surface area contributed by atoms with Crippen LogP contribution in [0.4, 0.5) is 0 Å². The first-order valence-electron chi connectivity index (χ1n) is 6.38. The van der Waals surface area contributed by atoms with E-state index in [1.54, 1.807) is 18.2 Å². The lowest BCUT2D eigenvalue weighted by atomic mass is 10.1. The van der Waals surface area contributed by atoms with Crippen LogP contribution >= 0.6 is 0 Å². The lowest BCUT2D eigenvalue weighted by molar-refractivity contribution is 0.0600. The van der Waals surface area contributed by atoms with Gasteiger partial charge in [-0.3, -0.25) is 0 Å². The molecule has 0 spiro atoms. The first-order valence-corrected chi connectivity index (χ1v) is 6.38. The van der Waals surface area contributed by atoms with Crippen molar-refractivity contribution < 1.29 is 9.53 Å². The number of nitrogens with two attached hydrogens (primary N) is 1. The third kappa shape index (κ3) is 5.42. The maximum absolute atomic E-state index is 11.4. The fourth-order valence-corrected chi connectivity index (χ4v) is 1.54. The fraction of sp³-hybridized carbons (Fsp3) is 0.429. The number of carbonyl (C=O) groups excluding carboxylic acids is 1. The van der Waals surface area contributed by atoms with Crippen molar-refractivity contribution in [2.45, 2.75) is 26.3 Å². The molecule has 0 aliphatic heterocycles. The number of hydrogen-bond donors (Lipinski definition) is 2. The molecule has 0 radical (unpaired) electrons. The number of nitrogens with zero attached hydrogens (tertiary/aromatic N) is 1. The molecule has 0 aliphatic rings. The zero-order valence-corrected chi connectivity index (χ0v) is 11.5. The number of hydrogen-bond acceptors (Lipinski definition) is 3. The normalized spacial score (nSPS) is 11.2. The van der Waals surface area contributed by atoms with E-state index >= 15 is 0 Å². The monoisotopic (exact) mass is 263 g/mol. The second-order valence-electron chi connectivity index (χ2n) is 4.17. The highest BCUT2D eigenvalue weighted by atomic mass is 16.5. The smallest absolute Gasteiger partial charge is 0.337 e. The summed E-state index contributed by atoms with van der Waals surface area (Å²) in [4.78, 5) is 15.6. The van der Waals surface area contributed by atoms with Crippen LogP contribution in [0.15, 0.2) is 29.3 Å². The summed E-state index contributed by atoms with van der Waals surface area (Å²) in [6.07, 6.45) is 2.18. The van der Waals surface area contributed by atoms with Crippen LogP contribution in [0.3, 0.4) is 0 Å². The minimum atomic E-state index is -0.347. The highest BCUT2D eigenvalue weighted by Crippen LogP contribution is 2.07. The molecule has 5 heteroatoms. The van der Waals surface area contributed by atoms with Crippen molar-refractivity contribution >= 4 is 11.9 Å². The highest BCUT2D eigenvalue weighted by molar-refractivity contribution is 5.89. The summed E-state index contributed by atoms with van der Waals surface area (Å²) < 4.78 is 4.67. The van der Waals surface area contributed by atoms with Gasteiger partial charge in [0.25, 0.3) is 0 Å². The minimum Gasteiger partial charge on any atom is -0.465 e. The summed E-state index contributed by atoms with van der Waals surface area (Å²) in [6, 6.07) is 7.17. The molecular formula is C14H21N3O2. The summed E-state index contributed by atoms with van der Waals surface area (Å²) in [5.74, 6) is 0.0804. The number of benzene rings is 1. The Labute approximate surface area is 113 Å². The van der Waals surface area contributed by atoms with E-state index < -0.39 is 0 Å². The topological polar surface area (TPSA) is 76.7 Å². The largest absolute Gasteiger partial charge is 0.465 e. The lowest BCUT2D eigenvalue weighted by Gasteiger charge is -2.05. The van der Waals surface area contributed by atoms with Crippen LogP contribution < -0.4 is 11.1 Å². The van der Waals surface area contributed by atoms with Crippen molar-refractivity contribution in [3.8, 4) is 0 Å². The van der Waals surface area contributed by atoms with Crippen LogP contribution in [0.5, 0.6) is 0 Å². The molecule has 0 bridgehead atoms. The van der Waals surface area contributed by atoms with Crippen LogP contribution in [-0.2, 0) is 11.3 Å². The molecule has 0 aromatic heterocycles. The van der Waals surface area contributed by atoms with Crippen LogP contribution in [0, 0.1) is 0 Å². The Hall–Kier alpha value is -2.04. The maximum atomic E-state index is 11.4. The summed E-state index contributed by atoms with van der Waals surface area (Å²) in [6.45, 7) is 3.39. The van der Waals surface area contributed by atoms with Gasteiger partial charge in [0.1, 0.15) is 0 Å². The van der Waals surface area contributed by atoms with E-state index in [-0.39, 0.29) is 5.97 Å². The predicted octanol–water partition coefficient (Wildman–Crippen LogP) is 1.68. The highest BCUT2D eigenvalue weighted by Gasteiger charge is 2.05. The van der Waals surface area contributed by atoms with Crippen molar-refractivity contribution in [3.05, 3.63) is 35.4 Å². The van der Waals surface area contributed by atoms with Crippen LogP contribution in [0.2, 0.25) is 0 Å². The van der Waals surface area contributed by atoms with Gasteiger partial charge < -0.3 is 15.8 Å². The lowest BCUT2D eigenvalue weighted by Crippen LogP contribution is -2.32. The van der Waals surface area contributed by atoms with E-state index in [2.05, 4.69) is 22.0 Å². The number of aliphatic imine (C=N–C) groups is 1. The molecule has 3 N–H and O–H groups in total. The van der Waals surface area contributed by atoms with Crippen molar-refractivity contribution in [2.75, 3.05) is 13.7 Å². The van der Waals surface area contributed by atoms with Crippen LogP contribution in [-0.4, -0.2) is 25.6 Å².